The lowest BCUT2D eigenvalue weighted by atomic mass is 9.60. The average Bonchev–Trinajstić information content (AvgIpc) is 2.64. The summed E-state index contributed by atoms with van der Waals surface area (Å²) < 4.78 is 34.0. The molecule has 2 atom stereocenters. The van der Waals surface area contributed by atoms with Crippen LogP contribution in [0, 0.1) is 17.8 Å². The van der Waals surface area contributed by atoms with Gasteiger partial charge in [0, 0.05) is 32.0 Å². The van der Waals surface area contributed by atoms with Gasteiger partial charge in [-0.15, -0.1) is 0 Å². The summed E-state index contributed by atoms with van der Waals surface area (Å²) in [5.41, 5.74) is 0.579. The van der Waals surface area contributed by atoms with Crippen LogP contribution in [-0.2, 0) is 21.9 Å². The number of nitrogens with zero attached hydrogens (tertiary/aromatic N) is 3. The van der Waals surface area contributed by atoms with Crippen LogP contribution in [0.1, 0.15) is 43.9 Å². The van der Waals surface area contributed by atoms with Crippen molar-refractivity contribution < 1.29 is 18.3 Å². The second-order valence-corrected chi connectivity index (χ2v) is 8.65. The molecule has 2 unspecified atom stereocenters. The van der Waals surface area contributed by atoms with Gasteiger partial charge in [0.1, 0.15) is 11.5 Å². The molecule has 3 heterocycles. The zero-order valence-electron chi connectivity index (χ0n) is 15.7. The number of thioether (sulfide) groups is 1. The molecule has 0 aromatic carbocycles. The third-order valence-electron chi connectivity index (χ3n) is 6.19. The second-order valence-electron chi connectivity index (χ2n) is 7.87. The fourth-order valence-electron chi connectivity index (χ4n) is 4.91. The van der Waals surface area contributed by atoms with E-state index in [0.29, 0.717) is 47.9 Å². The zero-order valence-corrected chi connectivity index (χ0v) is 16.5. The first kappa shape index (κ1) is 18.9. The quantitative estimate of drug-likeness (QED) is 0.429. The highest BCUT2D eigenvalue weighted by atomic mass is 32.2. The lowest BCUT2D eigenvalue weighted by Crippen LogP contribution is -2.56. The number of hydrogen-bond donors (Lipinski definition) is 0. The maximum absolute atomic E-state index is 14.5. The molecular formula is C19H25F2N3O2S. The Labute approximate surface area is 162 Å². The molecule has 5 nitrogen and oxygen atoms in total. The molecule has 1 saturated carbocycles. The number of piperidine rings is 2. The Kier molecular flexibility index (Phi) is 5.03. The minimum atomic E-state index is -2.86. The summed E-state index contributed by atoms with van der Waals surface area (Å²) in [6.45, 7) is 3.58. The summed E-state index contributed by atoms with van der Waals surface area (Å²) in [6.07, 6.45) is 4.84. The van der Waals surface area contributed by atoms with Gasteiger partial charge in [0.25, 0.3) is 5.92 Å². The highest BCUT2D eigenvalue weighted by Crippen LogP contribution is 2.50. The van der Waals surface area contributed by atoms with Gasteiger partial charge in [-0.3, -0.25) is 4.79 Å². The fourth-order valence-corrected chi connectivity index (χ4v) is 5.27. The first-order chi connectivity index (χ1) is 12.9. The van der Waals surface area contributed by atoms with Crippen LogP contribution in [0.5, 0.6) is 0 Å². The number of carbonyl (C=O) groups is 1. The number of esters is 1. The van der Waals surface area contributed by atoms with Crippen molar-refractivity contribution in [1.29, 1.82) is 0 Å². The van der Waals surface area contributed by atoms with E-state index in [-0.39, 0.29) is 18.1 Å². The van der Waals surface area contributed by atoms with Gasteiger partial charge in [-0.25, -0.2) is 9.97 Å². The minimum Gasteiger partial charge on any atom is -0.466 e. The predicted molar refractivity (Wildman–Crippen MR) is 99.2 cm³/mol. The number of rotatable bonds is 5. The Balaban J connectivity index is 1.53. The van der Waals surface area contributed by atoms with Crippen molar-refractivity contribution >= 4 is 23.5 Å². The van der Waals surface area contributed by atoms with E-state index in [1.165, 1.54) is 25.1 Å². The summed E-state index contributed by atoms with van der Waals surface area (Å²) >= 11 is 1.32. The van der Waals surface area contributed by atoms with Crippen molar-refractivity contribution in [3.63, 3.8) is 0 Å². The van der Waals surface area contributed by atoms with Crippen LogP contribution < -0.4 is 4.90 Å². The standard InChI is InChI=1S/C19H25F2N3O2S/c1-11(25)26-7-5-14-12-8-13(14)10-24(9-12)17-15-4-3-6-19(20,21)16(15)22-18(23-17)27-2/h12-14H,3-10H2,1-2H3. The highest BCUT2D eigenvalue weighted by molar-refractivity contribution is 7.98. The molecule has 1 aromatic heterocycles. The van der Waals surface area contributed by atoms with Crippen molar-refractivity contribution in [1.82, 2.24) is 9.97 Å². The normalized spacial score (nSPS) is 28.3. The molecule has 2 aliphatic carbocycles. The van der Waals surface area contributed by atoms with Gasteiger partial charge in [-0.2, -0.15) is 8.78 Å². The maximum Gasteiger partial charge on any atom is 0.302 e. The number of aromatic nitrogens is 2. The molecule has 5 rings (SSSR count). The van der Waals surface area contributed by atoms with E-state index in [4.69, 9.17) is 4.74 Å². The third-order valence-corrected chi connectivity index (χ3v) is 6.74. The molecule has 2 saturated heterocycles. The second kappa shape index (κ2) is 7.18. The van der Waals surface area contributed by atoms with Gasteiger partial charge >= 0.3 is 5.97 Å². The van der Waals surface area contributed by atoms with Crippen LogP contribution in [0.25, 0.3) is 0 Å². The minimum absolute atomic E-state index is 0.0613. The van der Waals surface area contributed by atoms with Gasteiger partial charge in [0.05, 0.1) is 6.61 Å². The van der Waals surface area contributed by atoms with E-state index < -0.39 is 5.92 Å². The number of ether oxygens (including phenoxy) is 1. The molecule has 27 heavy (non-hydrogen) atoms. The zero-order chi connectivity index (χ0) is 19.2. The van der Waals surface area contributed by atoms with Crippen LogP contribution in [0.15, 0.2) is 5.16 Å². The van der Waals surface area contributed by atoms with E-state index in [1.54, 1.807) is 0 Å². The predicted octanol–water partition coefficient (Wildman–Crippen LogP) is 3.65. The smallest absolute Gasteiger partial charge is 0.302 e. The number of halogens is 2. The van der Waals surface area contributed by atoms with Crippen LogP contribution in [0.2, 0.25) is 0 Å². The van der Waals surface area contributed by atoms with Gasteiger partial charge in [0.15, 0.2) is 5.16 Å². The molecule has 2 aliphatic heterocycles. The first-order valence-corrected chi connectivity index (χ1v) is 10.8. The molecule has 4 aliphatic rings. The SMILES string of the molecule is CSc1nc(N2CC3CC(C2)C3CCOC(C)=O)c2c(n1)C(F)(F)CCC2. The molecule has 0 spiro atoms. The van der Waals surface area contributed by atoms with E-state index in [1.807, 2.05) is 6.26 Å². The highest BCUT2D eigenvalue weighted by Gasteiger charge is 2.48. The van der Waals surface area contributed by atoms with E-state index in [9.17, 15) is 13.6 Å². The Bertz CT molecular complexity index is 734. The summed E-state index contributed by atoms with van der Waals surface area (Å²) in [4.78, 5) is 22.0. The Morgan fingerprint density at radius 1 is 1.33 bits per heavy atom. The number of hydrogen-bond acceptors (Lipinski definition) is 6. The summed E-state index contributed by atoms with van der Waals surface area (Å²) in [5, 5.41) is 0.427. The monoisotopic (exact) mass is 397 g/mol. The van der Waals surface area contributed by atoms with Crippen molar-refractivity contribution in [2.75, 3.05) is 30.9 Å². The van der Waals surface area contributed by atoms with Crippen molar-refractivity contribution in [2.24, 2.45) is 17.8 Å². The topological polar surface area (TPSA) is 55.3 Å². The summed E-state index contributed by atoms with van der Waals surface area (Å²) in [6, 6.07) is 0. The first-order valence-electron chi connectivity index (χ1n) is 9.60. The molecule has 0 radical (unpaired) electrons. The van der Waals surface area contributed by atoms with Gasteiger partial charge < -0.3 is 9.64 Å². The van der Waals surface area contributed by atoms with Crippen LogP contribution >= 0.6 is 11.8 Å². The van der Waals surface area contributed by atoms with Gasteiger partial charge in [-0.05, 0) is 49.7 Å². The van der Waals surface area contributed by atoms with E-state index in [0.717, 1.165) is 25.3 Å². The molecular weight excluding hydrogens is 372 g/mol. The Morgan fingerprint density at radius 2 is 2.07 bits per heavy atom. The Morgan fingerprint density at radius 3 is 2.74 bits per heavy atom. The van der Waals surface area contributed by atoms with Crippen LogP contribution in [0.3, 0.4) is 0 Å². The van der Waals surface area contributed by atoms with Crippen molar-refractivity contribution in [2.45, 2.75) is 50.1 Å². The molecule has 0 amide bonds. The number of anilines is 1. The summed E-state index contributed by atoms with van der Waals surface area (Å²) in [5.74, 6) is -0.782. The molecule has 8 heteroatoms. The molecule has 0 N–H and O–H groups in total. The van der Waals surface area contributed by atoms with Crippen LogP contribution in [-0.4, -0.2) is 41.9 Å². The number of fused-ring (bicyclic) bond motifs is 3. The summed E-state index contributed by atoms with van der Waals surface area (Å²) in [7, 11) is 0. The Hall–Kier alpha value is -1.44. The largest absolute Gasteiger partial charge is 0.466 e. The van der Waals surface area contributed by atoms with E-state index >= 15 is 0 Å². The van der Waals surface area contributed by atoms with Gasteiger partial charge in [-0.1, -0.05) is 11.8 Å². The lowest BCUT2D eigenvalue weighted by Gasteiger charge is -2.54. The molecule has 148 valence electrons. The van der Waals surface area contributed by atoms with Gasteiger partial charge in [0.2, 0.25) is 0 Å². The lowest BCUT2D eigenvalue weighted by molar-refractivity contribution is -0.142. The average molecular weight is 397 g/mol. The van der Waals surface area contributed by atoms with Crippen molar-refractivity contribution in [3.05, 3.63) is 11.3 Å². The fraction of sp³-hybridized carbons (Fsp3) is 0.737. The van der Waals surface area contributed by atoms with Crippen molar-refractivity contribution in [3.8, 4) is 0 Å². The van der Waals surface area contributed by atoms with Crippen LogP contribution in [0.4, 0.5) is 14.6 Å². The van der Waals surface area contributed by atoms with E-state index in [2.05, 4.69) is 14.9 Å². The number of carbonyl (C=O) groups excluding carboxylic acids is 1. The third kappa shape index (κ3) is 3.52. The molecule has 2 bridgehead atoms. The number of alkyl halides is 2. The maximum atomic E-state index is 14.5. The molecule has 3 fully saturated rings. The molecule has 1 aromatic rings.